The number of hydrogen-bond donors (Lipinski definition) is 2. The van der Waals surface area contributed by atoms with Gasteiger partial charge in [-0.25, -0.2) is 4.79 Å². The Labute approximate surface area is 131 Å². The second-order valence-corrected chi connectivity index (χ2v) is 7.32. The zero-order valence-electron chi connectivity index (χ0n) is 13.6. The first-order chi connectivity index (χ1) is 10.4. The van der Waals surface area contributed by atoms with Gasteiger partial charge in [0.2, 0.25) is 0 Å². The molecule has 22 heavy (non-hydrogen) atoms. The number of nitrogens with zero attached hydrogens (tertiary/aromatic N) is 1. The van der Waals surface area contributed by atoms with Crippen molar-refractivity contribution in [1.29, 1.82) is 0 Å². The lowest BCUT2D eigenvalue weighted by Crippen LogP contribution is -2.53. The number of alkyl carbamates (subject to hydrolysis) is 1. The normalized spacial score (nSPS) is 27.0. The number of pyridine rings is 1. The minimum absolute atomic E-state index is 0.219. The highest BCUT2D eigenvalue weighted by Gasteiger charge is 2.34. The Morgan fingerprint density at radius 1 is 1.32 bits per heavy atom. The van der Waals surface area contributed by atoms with Gasteiger partial charge < -0.3 is 15.4 Å². The number of aromatic nitrogens is 1. The van der Waals surface area contributed by atoms with Crippen LogP contribution in [0.25, 0.3) is 0 Å². The van der Waals surface area contributed by atoms with Crippen molar-refractivity contribution in [2.75, 3.05) is 0 Å². The van der Waals surface area contributed by atoms with Gasteiger partial charge in [0, 0.05) is 18.3 Å². The van der Waals surface area contributed by atoms with Crippen molar-refractivity contribution < 1.29 is 9.53 Å². The molecule has 1 aromatic heterocycles. The molecule has 0 aromatic carbocycles. The lowest BCUT2D eigenvalue weighted by molar-refractivity contribution is 0.0462. The molecular formula is C17H25N3O2. The maximum atomic E-state index is 11.7. The first-order valence-corrected chi connectivity index (χ1v) is 8.10. The molecule has 1 amide bonds. The molecule has 3 rings (SSSR count). The van der Waals surface area contributed by atoms with E-state index in [1.165, 1.54) is 11.3 Å². The summed E-state index contributed by atoms with van der Waals surface area (Å²) in [6.45, 7) is 5.63. The number of hydrogen-bond acceptors (Lipinski definition) is 4. The van der Waals surface area contributed by atoms with Crippen LogP contribution in [-0.4, -0.2) is 28.8 Å². The van der Waals surface area contributed by atoms with Crippen LogP contribution in [0, 0.1) is 0 Å². The fourth-order valence-electron chi connectivity index (χ4n) is 3.21. The molecule has 0 radical (unpaired) electrons. The van der Waals surface area contributed by atoms with Crippen LogP contribution in [0.4, 0.5) is 4.79 Å². The fraction of sp³-hybridized carbons (Fsp3) is 0.647. The van der Waals surface area contributed by atoms with E-state index in [0.717, 1.165) is 25.7 Å². The molecule has 1 atom stereocenters. The summed E-state index contributed by atoms with van der Waals surface area (Å²) in [6, 6.07) is 5.21. The van der Waals surface area contributed by atoms with Crippen LogP contribution in [0.15, 0.2) is 18.3 Å². The van der Waals surface area contributed by atoms with Crippen LogP contribution in [0.2, 0.25) is 0 Å². The van der Waals surface area contributed by atoms with Crippen LogP contribution < -0.4 is 10.6 Å². The van der Waals surface area contributed by atoms with E-state index < -0.39 is 5.60 Å². The molecular weight excluding hydrogens is 278 g/mol. The minimum Gasteiger partial charge on any atom is -0.444 e. The molecule has 2 aliphatic rings. The van der Waals surface area contributed by atoms with Gasteiger partial charge in [-0.3, -0.25) is 4.98 Å². The second kappa shape index (κ2) is 5.88. The maximum Gasteiger partial charge on any atom is 0.407 e. The number of carbonyl (C=O) groups excluding carboxylic acids is 1. The lowest BCUT2D eigenvalue weighted by atomic mass is 9.86. The van der Waals surface area contributed by atoms with Crippen molar-refractivity contribution in [2.45, 2.75) is 70.2 Å². The molecule has 5 nitrogen and oxygen atoms in total. The molecule has 5 heteroatoms. The summed E-state index contributed by atoms with van der Waals surface area (Å²) < 4.78 is 5.28. The summed E-state index contributed by atoms with van der Waals surface area (Å²) in [5, 5.41) is 6.60. The van der Waals surface area contributed by atoms with Crippen molar-refractivity contribution in [3.8, 4) is 0 Å². The van der Waals surface area contributed by atoms with Crippen molar-refractivity contribution >= 4 is 6.09 Å². The molecule has 1 saturated carbocycles. The highest BCUT2D eigenvalue weighted by Crippen LogP contribution is 2.32. The van der Waals surface area contributed by atoms with Crippen LogP contribution in [0.3, 0.4) is 0 Å². The summed E-state index contributed by atoms with van der Waals surface area (Å²) in [5.41, 5.74) is 2.12. The number of amides is 1. The van der Waals surface area contributed by atoms with E-state index in [0.29, 0.717) is 12.1 Å². The molecule has 0 saturated heterocycles. The minimum atomic E-state index is -0.440. The van der Waals surface area contributed by atoms with E-state index in [9.17, 15) is 4.79 Å². The van der Waals surface area contributed by atoms with Gasteiger partial charge in [0.1, 0.15) is 5.60 Å². The van der Waals surface area contributed by atoms with Crippen molar-refractivity contribution in [3.63, 3.8) is 0 Å². The molecule has 120 valence electrons. The van der Waals surface area contributed by atoms with Gasteiger partial charge in [0.05, 0.1) is 11.7 Å². The van der Waals surface area contributed by atoms with Gasteiger partial charge in [0.25, 0.3) is 0 Å². The Morgan fingerprint density at radius 2 is 2.09 bits per heavy atom. The van der Waals surface area contributed by atoms with Crippen LogP contribution in [-0.2, 0) is 11.2 Å². The largest absolute Gasteiger partial charge is 0.444 e. The van der Waals surface area contributed by atoms with E-state index in [4.69, 9.17) is 4.74 Å². The Bertz CT molecular complexity index is 547. The molecule has 1 heterocycles. The summed E-state index contributed by atoms with van der Waals surface area (Å²) >= 11 is 0. The molecule has 2 N–H and O–H groups in total. The average Bonchev–Trinajstić information content (AvgIpc) is 2.77. The van der Waals surface area contributed by atoms with Gasteiger partial charge in [0.15, 0.2) is 0 Å². The topological polar surface area (TPSA) is 63.2 Å². The Kier molecular flexibility index (Phi) is 4.08. The van der Waals surface area contributed by atoms with Crippen LogP contribution in [0.5, 0.6) is 0 Å². The number of nitrogens with one attached hydrogen (secondary N) is 2. The predicted molar refractivity (Wildman–Crippen MR) is 84.6 cm³/mol. The summed E-state index contributed by atoms with van der Waals surface area (Å²) in [7, 11) is 0. The second-order valence-electron chi connectivity index (χ2n) is 7.32. The number of fused-ring (bicyclic) bond motifs is 1. The van der Waals surface area contributed by atoms with E-state index >= 15 is 0 Å². The standard InChI is InChI=1S/C17H25N3O2/c1-17(2,3)22-16(21)20-13-9-12(10-13)19-14-7-6-11-5-4-8-18-15(11)14/h4-5,8,12-14,19H,6-7,9-10H2,1-3H3,(H,20,21). The van der Waals surface area contributed by atoms with Crippen LogP contribution in [0.1, 0.15) is 57.3 Å². The Hall–Kier alpha value is -1.62. The SMILES string of the molecule is CC(C)(C)OC(=O)NC1CC(NC2CCc3cccnc32)C1. The fourth-order valence-corrected chi connectivity index (χ4v) is 3.21. The molecule has 1 fully saturated rings. The van der Waals surface area contributed by atoms with Gasteiger partial charge in [-0.05, 0) is 58.1 Å². The predicted octanol–water partition coefficient (Wildman–Crippen LogP) is 2.71. The van der Waals surface area contributed by atoms with E-state index in [-0.39, 0.29) is 12.1 Å². The Balaban J connectivity index is 1.42. The lowest BCUT2D eigenvalue weighted by Gasteiger charge is -2.38. The third-order valence-electron chi connectivity index (χ3n) is 4.25. The third-order valence-corrected chi connectivity index (χ3v) is 4.25. The quantitative estimate of drug-likeness (QED) is 0.901. The smallest absolute Gasteiger partial charge is 0.407 e. The molecule has 1 unspecified atom stereocenters. The molecule has 2 aliphatic carbocycles. The van der Waals surface area contributed by atoms with E-state index in [1.807, 2.05) is 33.0 Å². The zero-order chi connectivity index (χ0) is 15.7. The molecule has 0 aliphatic heterocycles. The molecule has 0 bridgehead atoms. The number of aryl methyl sites for hydroxylation is 1. The highest BCUT2D eigenvalue weighted by molar-refractivity contribution is 5.68. The summed E-state index contributed by atoms with van der Waals surface area (Å²) in [6.07, 6.45) is 5.69. The van der Waals surface area contributed by atoms with Crippen molar-refractivity contribution in [1.82, 2.24) is 15.6 Å². The molecule has 1 aromatic rings. The number of rotatable bonds is 3. The first-order valence-electron chi connectivity index (χ1n) is 8.10. The monoisotopic (exact) mass is 303 g/mol. The Morgan fingerprint density at radius 3 is 2.82 bits per heavy atom. The maximum absolute atomic E-state index is 11.7. The van der Waals surface area contributed by atoms with Crippen molar-refractivity contribution in [2.24, 2.45) is 0 Å². The molecule has 0 spiro atoms. The van der Waals surface area contributed by atoms with Gasteiger partial charge in [-0.15, -0.1) is 0 Å². The van der Waals surface area contributed by atoms with Gasteiger partial charge >= 0.3 is 6.09 Å². The summed E-state index contributed by atoms with van der Waals surface area (Å²) in [5.74, 6) is 0. The zero-order valence-corrected chi connectivity index (χ0v) is 13.6. The average molecular weight is 303 g/mol. The van der Waals surface area contributed by atoms with Crippen molar-refractivity contribution in [3.05, 3.63) is 29.6 Å². The van der Waals surface area contributed by atoms with Crippen LogP contribution >= 0.6 is 0 Å². The van der Waals surface area contributed by atoms with Gasteiger partial charge in [-0.1, -0.05) is 6.07 Å². The first kappa shape index (κ1) is 15.3. The van der Waals surface area contributed by atoms with Gasteiger partial charge in [-0.2, -0.15) is 0 Å². The van der Waals surface area contributed by atoms with E-state index in [2.05, 4.69) is 21.7 Å². The highest BCUT2D eigenvalue weighted by atomic mass is 16.6. The summed E-state index contributed by atoms with van der Waals surface area (Å²) in [4.78, 5) is 16.2. The number of ether oxygens (including phenoxy) is 1. The van der Waals surface area contributed by atoms with E-state index in [1.54, 1.807) is 0 Å². The third kappa shape index (κ3) is 3.58. The number of carbonyl (C=O) groups is 1.